The predicted molar refractivity (Wildman–Crippen MR) is 75.1 cm³/mol. The number of hydrogen-bond acceptors (Lipinski definition) is 3. The first-order chi connectivity index (χ1) is 9.10. The molecule has 0 fully saturated rings. The van der Waals surface area contributed by atoms with Crippen LogP contribution >= 0.6 is 0 Å². The fraction of sp³-hybridized carbons (Fsp3) is 0.500. The van der Waals surface area contributed by atoms with Gasteiger partial charge in [-0.05, 0) is 30.5 Å². The molecule has 0 radical (unpaired) electrons. The third-order valence-electron chi connectivity index (χ3n) is 2.83. The SMILES string of the molecule is CCCCCc1ccc(S(=O)(=O)NCCC#N)cc1. The highest BCUT2D eigenvalue weighted by molar-refractivity contribution is 7.89. The van der Waals surface area contributed by atoms with Crippen LogP contribution in [0.15, 0.2) is 29.2 Å². The van der Waals surface area contributed by atoms with Gasteiger partial charge in [-0.1, -0.05) is 31.9 Å². The Labute approximate surface area is 115 Å². The number of aryl methyl sites for hydroxylation is 1. The lowest BCUT2D eigenvalue weighted by atomic mass is 10.1. The molecule has 4 nitrogen and oxygen atoms in total. The summed E-state index contributed by atoms with van der Waals surface area (Å²) in [5.74, 6) is 0. The molecule has 1 rings (SSSR count). The highest BCUT2D eigenvalue weighted by Gasteiger charge is 2.12. The van der Waals surface area contributed by atoms with Crippen molar-refractivity contribution < 1.29 is 8.42 Å². The first-order valence-electron chi connectivity index (χ1n) is 6.55. The third-order valence-corrected chi connectivity index (χ3v) is 4.31. The van der Waals surface area contributed by atoms with E-state index in [1.54, 1.807) is 12.1 Å². The molecule has 0 atom stereocenters. The highest BCUT2D eigenvalue weighted by atomic mass is 32.2. The lowest BCUT2D eigenvalue weighted by Crippen LogP contribution is -2.24. The molecular formula is C14H20N2O2S. The first-order valence-corrected chi connectivity index (χ1v) is 8.04. The molecule has 104 valence electrons. The second-order valence-corrected chi connectivity index (χ2v) is 6.17. The molecule has 0 aliphatic carbocycles. The van der Waals surface area contributed by atoms with E-state index in [0.717, 1.165) is 18.4 Å². The standard InChI is InChI=1S/C14H20N2O2S/c1-2-3-4-6-13-7-9-14(10-8-13)19(17,18)16-12-5-11-15/h7-10,16H,2-6,12H2,1H3. The van der Waals surface area contributed by atoms with Crippen LogP contribution in [0.4, 0.5) is 0 Å². The Bertz CT molecular complexity index is 515. The average molecular weight is 280 g/mol. The van der Waals surface area contributed by atoms with E-state index in [1.807, 2.05) is 18.2 Å². The molecule has 0 heterocycles. The molecule has 1 N–H and O–H groups in total. The summed E-state index contributed by atoms with van der Waals surface area (Å²) in [5.41, 5.74) is 1.16. The molecule has 0 amide bonds. The van der Waals surface area contributed by atoms with Crippen molar-refractivity contribution in [2.75, 3.05) is 6.54 Å². The second-order valence-electron chi connectivity index (χ2n) is 4.41. The van der Waals surface area contributed by atoms with Gasteiger partial charge >= 0.3 is 0 Å². The van der Waals surface area contributed by atoms with Crippen LogP contribution in [-0.4, -0.2) is 15.0 Å². The molecule has 0 saturated heterocycles. The Morgan fingerprint density at radius 3 is 2.47 bits per heavy atom. The van der Waals surface area contributed by atoms with E-state index in [9.17, 15) is 8.42 Å². The van der Waals surface area contributed by atoms with Gasteiger partial charge in [0.2, 0.25) is 10.0 Å². The van der Waals surface area contributed by atoms with Crippen LogP contribution in [0, 0.1) is 11.3 Å². The largest absolute Gasteiger partial charge is 0.240 e. The Morgan fingerprint density at radius 1 is 1.21 bits per heavy atom. The molecule has 0 aromatic heterocycles. The van der Waals surface area contributed by atoms with Gasteiger partial charge < -0.3 is 0 Å². The minimum Gasteiger partial charge on any atom is -0.210 e. The number of rotatable bonds is 8. The van der Waals surface area contributed by atoms with Crippen LogP contribution in [-0.2, 0) is 16.4 Å². The van der Waals surface area contributed by atoms with Crippen LogP contribution < -0.4 is 4.72 Å². The van der Waals surface area contributed by atoms with Crippen molar-refractivity contribution in [2.24, 2.45) is 0 Å². The fourth-order valence-corrected chi connectivity index (χ4v) is 2.77. The first kappa shape index (κ1) is 15.7. The zero-order valence-corrected chi connectivity index (χ0v) is 12.0. The van der Waals surface area contributed by atoms with E-state index < -0.39 is 10.0 Å². The quantitative estimate of drug-likeness (QED) is 0.744. The van der Waals surface area contributed by atoms with E-state index in [2.05, 4.69) is 11.6 Å². The Kier molecular flexibility index (Phi) is 6.54. The summed E-state index contributed by atoms with van der Waals surface area (Å²) < 4.78 is 26.1. The lowest BCUT2D eigenvalue weighted by molar-refractivity contribution is 0.582. The van der Waals surface area contributed by atoms with Crippen molar-refractivity contribution in [1.29, 1.82) is 5.26 Å². The normalized spacial score (nSPS) is 11.2. The third kappa shape index (κ3) is 5.41. The number of unbranched alkanes of at least 4 members (excludes halogenated alkanes) is 2. The zero-order valence-electron chi connectivity index (χ0n) is 11.2. The summed E-state index contributed by atoms with van der Waals surface area (Å²) >= 11 is 0. The van der Waals surface area contributed by atoms with Gasteiger partial charge in [0.25, 0.3) is 0 Å². The molecule has 1 aromatic carbocycles. The maximum atomic E-state index is 11.9. The molecule has 5 heteroatoms. The van der Waals surface area contributed by atoms with Gasteiger partial charge in [0.15, 0.2) is 0 Å². The number of hydrogen-bond donors (Lipinski definition) is 1. The van der Waals surface area contributed by atoms with Gasteiger partial charge in [0.05, 0.1) is 11.0 Å². The predicted octanol–water partition coefficient (Wildman–Crippen LogP) is 2.61. The van der Waals surface area contributed by atoms with Crippen molar-refractivity contribution >= 4 is 10.0 Å². The fourth-order valence-electron chi connectivity index (χ4n) is 1.74. The van der Waals surface area contributed by atoms with E-state index in [0.29, 0.717) is 0 Å². The monoisotopic (exact) mass is 280 g/mol. The number of sulfonamides is 1. The minimum atomic E-state index is -3.48. The van der Waals surface area contributed by atoms with Crippen molar-refractivity contribution in [1.82, 2.24) is 4.72 Å². The van der Waals surface area contributed by atoms with E-state index in [4.69, 9.17) is 5.26 Å². The maximum absolute atomic E-state index is 11.9. The van der Waals surface area contributed by atoms with Gasteiger partial charge in [0.1, 0.15) is 0 Å². The number of benzene rings is 1. The number of nitrogens with one attached hydrogen (secondary N) is 1. The summed E-state index contributed by atoms with van der Waals surface area (Å²) in [4.78, 5) is 0.254. The van der Waals surface area contributed by atoms with Gasteiger partial charge in [-0.25, -0.2) is 13.1 Å². The van der Waals surface area contributed by atoms with E-state index in [-0.39, 0.29) is 17.9 Å². The van der Waals surface area contributed by atoms with Gasteiger partial charge in [-0.15, -0.1) is 0 Å². The van der Waals surface area contributed by atoms with Gasteiger partial charge in [-0.3, -0.25) is 0 Å². The van der Waals surface area contributed by atoms with Gasteiger partial charge in [0, 0.05) is 13.0 Å². The van der Waals surface area contributed by atoms with Gasteiger partial charge in [-0.2, -0.15) is 5.26 Å². The van der Waals surface area contributed by atoms with Crippen LogP contribution in [0.1, 0.15) is 38.2 Å². The van der Waals surface area contributed by atoms with Crippen molar-refractivity contribution in [2.45, 2.75) is 43.9 Å². The number of nitrogens with zero attached hydrogens (tertiary/aromatic N) is 1. The Hall–Kier alpha value is -1.38. The molecular weight excluding hydrogens is 260 g/mol. The summed E-state index contributed by atoms with van der Waals surface area (Å²) in [6.45, 7) is 2.31. The average Bonchev–Trinajstić information content (AvgIpc) is 2.40. The molecule has 0 aliphatic rings. The lowest BCUT2D eigenvalue weighted by Gasteiger charge is -2.06. The van der Waals surface area contributed by atoms with Crippen molar-refractivity contribution in [3.05, 3.63) is 29.8 Å². The van der Waals surface area contributed by atoms with Crippen LogP contribution in [0.25, 0.3) is 0 Å². The summed E-state index contributed by atoms with van der Waals surface area (Å²) in [5, 5.41) is 8.39. The maximum Gasteiger partial charge on any atom is 0.240 e. The molecule has 0 spiro atoms. The summed E-state index contributed by atoms with van der Waals surface area (Å²) in [6.07, 6.45) is 4.65. The topological polar surface area (TPSA) is 70.0 Å². The second kappa shape index (κ2) is 7.93. The Morgan fingerprint density at radius 2 is 1.89 bits per heavy atom. The molecule has 0 saturated carbocycles. The van der Waals surface area contributed by atoms with Crippen molar-refractivity contribution in [3.8, 4) is 6.07 Å². The smallest absolute Gasteiger partial charge is 0.210 e. The van der Waals surface area contributed by atoms with Crippen molar-refractivity contribution in [3.63, 3.8) is 0 Å². The zero-order chi connectivity index (χ0) is 14.1. The molecule has 0 unspecified atom stereocenters. The van der Waals surface area contributed by atoms with Crippen LogP contribution in [0.3, 0.4) is 0 Å². The number of nitriles is 1. The Balaban J connectivity index is 2.62. The van der Waals surface area contributed by atoms with Crippen LogP contribution in [0.2, 0.25) is 0 Å². The summed E-state index contributed by atoms with van der Waals surface area (Å²) in [7, 11) is -3.48. The highest BCUT2D eigenvalue weighted by Crippen LogP contribution is 2.12. The van der Waals surface area contributed by atoms with E-state index >= 15 is 0 Å². The molecule has 0 bridgehead atoms. The minimum absolute atomic E-state index is 0.150. The summed E-state index contributed by atoms with van der Waals surface area (Å²) in [6, 6.07) is 8.86. The van der Waals surface area contributed by atoms with Crippen LogP contribution in [0.5, 0.6) is 0 Å². The molecule has 1 aromatic rings. The molecule has 19 heavy (non-hydrogen) atoms. The van der Waals surface area contributed by atoms with E-state index in [1.165, 1.54) is 12.8 Å². The molecule has 0 aliphatic heterocycles.